The molecule has 0 radical (unpaired) electrons. The van der Waals surface area contributed by atoms with Gasteiger partial charge in [0.2, 0.25) is 0 Å². The maximum absolute atomic E-state index is 14.5. The summed E-state index contributed by atoms with van der Waals surface area (Å²) in [5, 5.41) is 0. The number of benzene rings is 1. The predicted molar refractivity (Wildman–Crippen MR) is 97.9 cm³/mol. The van der Waals surface area contributed by atoms with Gasteiger partial charge >= 0.3 is 0 Å². The molecule has 1 unspecified atom stereocenters. The Bertz CT molecular complexity index is 616. The summed E-state index contributed by atoms with van der Waals surface area (Å²) in [6.07, 6.45) is 4.26. The van der Waals surface area contributed by atoms with Crippen LogP contribution in [0.15, 0.2) is 18.2 Å². The summed E-state index contributed by atoms with van der Waals surface area (Å²) >= 11 is 0. The molecule has 2 fully saturated rings. The third kappa shape index (κ3) is 2.99. The number of methoxy groups -OCH3 is 1. The average Bonchev–Trinajstić information content (AvgIpc) is 2.61. The SMILES string of the molecule is CCO[C@H]1C[C@H](F)C[C@@H]2C1[C@H](C)C[C@@H]1c3ccc(OC)cc3CC[C@H]12. The molecule has 3 heteroatoms. The van der Waals surface area contributed by atoms with Crippen LogP contribution in [-0.2, 0) is 11.2 Å². The minimum absolute atomic E-state index is 0.118. The Morgan fingerprint density at radius 1 is 1.16 bits per heavy atom. The molecule has 2 nitrogen and oxygen atoms in total. The number of rotatable bonds is 3. The molecular weight excluding hydrogens is 315 g/mol. The molecular formula is C22H31FO2. The minimum atomic E-state index is -0.694. The number of hydrogen-bond acceptors (Lipinski definition) is 2. The highest BCUT2D eigenvalue weighted by molar-refractivity contribution is 5.40. The van der Waals surface area contributed by atoms with Gasteiger partial charge in [0, 0.05) is 13.0 Å². The lowest BCUT2D eigenvalue weighted by Crippen LogP contribution is -2.50. The van der Waals surface area contributed by atoms with Crippen LogP contribution in [0.3, 0.4) is 0 Å². The number of halogens is 1. The van der Waals surface area contributed by atoms with Crippen molar-refractivity contribution in [2.75, 3.05) is 13.7 Å². The molecule has 0 saturated heterocycles. The van der Waals surface area contributed by atoms with Gasteiger partial charge in [-0.05, 0) is 85.5 Å². The van der Waals surface area contributed by atoms with E-state index in [4.69, 9.17) is 9.47 Å². The number of hydrogen-bond donors (Lipinski definition) is 0. The van der Waals surface area contributed by atoms with Gasteiger partial charge in [-0.15, -0.1) is 0 Å². The molecule has 2 saturated carbocycles. The minimum Gasteiger partial charge on any atom is -0.497 e. The lowest BCUT2D eigenvalue weighted by Gasteiger charge is -2.54. The van der Waals surface area contributed by atoms with Crippen LogP contribution in [0.25, 0.3) is 0 Å². The van der Waals surface area contributed by atoms with Crippen LogP contribution < -0.4 is 4.74 Å². The van der Waals surface area contributed by atoms with Gasteiger partial charge in [-0.2, -0.15) is 0 Å². The van der Waals surface area contributed by atoms with Gasteiger partial charge in [0.1, 0.15) is 11.9 Å². The average molecular weight is 346 g/mol. The van der Waals surface area contributed by atoms with Crippen molar-refractivity contribution < 1.29 is 13.9 Å². The summed E-state index contributed by atoms with van der Waals surface area (Å²) in [5.74, 6) is 3.76. The molecule has 1 aromatic carbocycles. The fourth-order valence-electron chi connectivity index (χ4n) is 6.29. The zero-order valence-electron chi connectivity index (χ0n) is 15.7. The monoisotopic (exact) mass is 346 g/mol. The van der Waals surface area contributed by atoms with Crippen LogP contribution in [-0.4, -0.2) is 26.0 Å². The molecule has 0 N–H and O–H groups in total. The fourth-order valence-corrected chi connectivity index (χ4v) is 6.29. The van der Waals surface area contributed by atoms with Crippen molar-refractivity contribution in [1.82, 2.24) is 0 Å². The molecule has 25 heavy (non-hydrogen) atoms. The third-order valence-electron chi connectivity index (χ3n) is 7.17. The van der Waals surface area contributed by atoms with E-state index >= 15 is 0 Å². The fraction of sp³-hybridized carbons (Fsp3) is 0.727. The molecule has 0 aliphatic heterocycles. The molecule has 3 aliphatic carbocycles. The smallest absolute Gasteiger partial charge is 0.119 e. The molecule has 0 spiro atoms. The van der Waals surface area contributed by atoms with E-state index in [2.05, 4.69) is 25.1 Å². The quantitative estimate of drug-likeness (QED) is 0.753. The van der Waals surface area contributed by atoms with E-state index in [1.807, 2.05) is 6.92 Å². The van der Waals surface area contributed by atoms with Gasteiger partial charge in [-0.3, -0.25) is 0 Å². The van der Waals surface area contributed by atoms with Crippen molar-refractivity contribution >= 4 is 0 Å². The molecule has 1 aromatic rings. The van der Waals surface area contributed by atoms with Crippen molar-refractivity contribution in [3.8, 4) is 5.75 Å². The van der Waals surface area contributed by atoms with Gasteiger partial charge in [0.25, 0.3) is 0 Å². The normalized spacial score (nSPS) is 39.9. The second-order valence-corrected chi connectivity index (χ2v) is 8.39. The predicted octanol–water partition coefficient (Wildman–Crippen LogP) is 5.15. The van der Waals surface area contributed by atoms with Gasteiger partial charge in [0.05, 0.1) is 13.2 Å². The van der Waals surface area contributed by atoms with Crippen molar-refractivity contribution in [2.24, 2.45) is 23.7 Å². The number of aryl methyl sites for hydroxylation is 1. The van der Waals surface area contributed by atoms with E-state index in [9.17, 15) is 4.39 Å². The van der Waals surface area contributed by atoms with Crippen LogP contribution in [0, 0.1) is 23.7 Å². The molecule has 0 bridgehead atoms. The van der Waals surface area contributed by atoms with Crippen molar-refractivity contribution in [3.05, 3.63) is 29.3 Å². The Kier molecular flexibility index (Phi) is 4.79. The lowest BCUT2D eigenvalue weighted by molar-refractivity contribution is -0.107. The van der Waals surface area contributed by atoms with E-state index in [-0.39, 0.29) is 6.10 Å². The van der Waals surface area contributed by atoms with Gasteiger partial charge in [-0.25, -0.2) is 4.39 Å². The molecule has 7 atom stereocenters. The summed E-state index contributed by atoms with van der Waals surface area (Å²) in [4.78, 5) is 0. The zero-order valence-corrected chi connectivity index (χ0v) is 15.7. The Morgan fingerprint density at radius 3 is 2.76 bits per heavy atom. The van der Waals surface area contributed by atoms with E-state index in [1.165, 1.54) is 24.0 Å². The summed E-state index contributed by atoms with van der Waals surface area (Å²) in [6, 6.07) is 6.58. The van der Waals surface area contributed by atoms with Gasteiger partial charge in [0.15, 0.2) is 0 Å². The first-order valence-electron chi connectivity index (χ1n) is 10.0. The van der Waals surface area contributed by atoms with Gasteiger partial charge < -0.3 is 9.47 Å². The number of fused-ring (bicyclic) bond motifs is 5. The highest BCUT2D eigenvalue weighted by atomic mass is 19.1. The van der Waals surface area contributed by atoms with Crippen LogP contribution >= 0.6 is 0 Å². The van der Waals surface area contributed by atoms with Crippen LogP contribution in [0.5, 0.6) is 5.75 Å². The first-order valence-corrected chi connectivity index (χ1v) is 10.0. The first kappa shape index (κ1) is 17.3. The van der Waals surface area contributed by atoms with Crippen molar-refractivity contribution in [2.45, 2.75) is 64.1 Å². The van der Waals surface area contributed by atoms with Crippen LogP contribution in [0.4, 0.5) is 4.39 Å². The summed E-state index contributed by atoms with van der Waals surface area (Å²) < 4.78 is 25.9. The summed E-state index contributed by atoms with van der Waals surface area (Å²) in [6.45, 7) is 5.11. The molecule has 138 valence electrons. The number of ether oxygens (including phenoxy) is 2. The highest BCUT2D eigenvalue weighted by Crippen LogP contribution is 2.56. The molecule has 0 amide bonds. The summed E-state index contributed by atoms with van der Waals surface area (Å²) in [5.41, 5.74) is 2.94. The molecule has 4 rings (SSSR count). The van der Waals surface area contributed by atoms with Gasteiger partial charge in [-0.1, -0.05) is 13.0 Å². The Hall–Kier alpha value is -1.09. The van der Waals surface area contributed by atoms with Crippen LogP contribution in [0.2, 0.25) is 0 Å². The van der Waals surface area contributed by atoms with E-state index in [0.717, 1.165) is 18.6 Å². The molecule has 3 aliphatic rings. The topological polar surface area (TPSA) is 18.5 Å². The van der Waals surface area contributed by atoms with E-state index < -0.39 is 6.17 Å². The third-order valence-corrected chi connectivity index (χ3v) is 7.17. The number of alkyl halides is 1. The summed E-state index contributed by atoms with van der Waals surface area (Å²) in [7, 11) is 1.73. The van der Waals surface area contributed by atoms with Crippen molar-refractivity contribution in [3.63, 3.8) is 0 Å². The van der Waals surface area contributed by atoms with E-state index in [0.29, 0.717) is 42.6 Å². The van der Waals surface area contributed by atoms with E-state index in [1.54, 1.807) is 7.11 Å². The maximum Gasteiger partial charge on any atom is 0.119 e. The second kappa shape index (κ2) is 6.90. The Labute approximate surface area is 151 Å². The molecule has 0 heterocycles. The Morgan fingerprint density at radius 2 is 2.00 bits per heavy atom. The molecule has 0 aromatic heterocycles. The maximum atomic E-state index is 14.5. The standard InChI is InChI=1S/C22H31FO2/c1-4-25-21-12-15(23)11-20-18-7-5-14-10-16(24-3)6-8-17(14)19(18)9-13(2)22(20)21/h6,8,10,13,15,18-22H,4-5,7,9,11-12H2,1-3H3/t13-,15-,18-,19-,20+,21+,22?/m1/s1. The largest absolute Gasteiger partial charge is 0.497 e. The highest BCUT2D eigenvalue weighted by Gasteiger charge is 2.51. The Balaban J connectivity index is 1.65. The zero-order chi connectivity index (χ0) is 17.6. The second-order valence-electron chi connectivity index (χ2n) is 8.39. The first-order chi connectivity index (χ1) is 12.1. The lowest BCUT2D eigenvalue weighted by atomic mass is 9.53. The van der Waals surface area contributed by atoms with Crippen molar-refractivity contribution in [1.29, 1.82) is 0 Å². The van der Waals surface area contributed by atoms with Crippen LogP contribution in [0.1, 0.15) is 56.6 Å².